The van der Waals surface area contributed by atoms with Gasteiger partial charge >= 0.3 is 6.36 Å². The Morgan fingerprint density at radius 2 is 1.96 bits per heavy atom. The zero-order valence-corrected chi connectivity index (χ0v) is 16.7. The van der Waals surface area contributed by atoms with Gasteiger partial charge in [0.25, 0.3) is 0 Å². The monoisotopic (exact) mass is 397 g/mol. The molecule has 0 fully saturated rings. The number of alkyl halides is 3. The maximum atomic E-state index is 12.5. The average molecular weight is 397 g/mol. The quantitative estimate of drug-likeness (QED) is 0.580. The molecular weight excluding hydrogens is 371 g/mol. The van der Waals surface area contributed by atoms with E-state index in [1.54, 1.807) is 19.2 Å². The first-order chi connectivity index (χ1) is 13.1. The number of rotatable bonds is 6. The second kappa shape index (κ2) is 8.99. The summed E-state index contributed by atoms with van der Waals surface area (Å²) in [4.78, 5) is 4.15. The lowest BCUT2D eigenvalue weighted by molar-refractivity contribution is -0.274. The molecule has 0 bridgehead atoms. The second-order valence-electron chi connectivity index (χ2n) is 6.60. The summed E-state index contributed by atoms with van der Waals surface area (Å²) in [7, 11) is 3.52. The third-order valence-electron chi connectivity index (χ3n) is 4.42. The number of benzene rings is 1. The van der Waals surface area contributed by atoms with Gasteiger partial charge in [0.2, 0.25) is 0 Å². The van der Waals surface area contributed by atoms with Crippen LogP contribution < -0.4 is 15.4 Å². The number of guanidine groups is 1. The molecule has 0 radical (unpaired) electrons. The van der Waals surface area contributed by atoms with E-state index in [1.165, 1.54) is 17.7 Å². The third kappa shape index (κ3) is 5.90. The molecule has 1 atom stereocenters. The van der Waals surface area contributed by atoms with Crippen molar-refractivity contribution in [2.45, 2.75) is 46.1 Å². The van der Waals surface area contributed by atoms with E-state index in [1.807, 2.05) is 32.5 Å². The molecule has 0 saturated carbocycles. The molecule has 0 aliphatic carbocycles. The Kier molecular flexibility index (Phi) is 6.93. The van der Waals surface area contributed by atoms with Crippen molar-refractivity contribution in [3.8, 4) is 5.75 Å². The van der Waals surface area contributed by atoms with Crippen LogP contribution in [0.1, 0.15) is 29.4 Å². The highest BCUT2D eigenvalue weighted by atomic mass is 19.4. The molecule has 0 spiro atoms. The van der Waals surface area contributed by atoms with Gasteiger partial charge in [0, 0.05) is 37.9 Å². The summed E-state index contributed by atoms with van der Waals surface area (Å²) >= 11 is 0. The zero-order valence-electron chi connectivity index (χ0n) is 16.7. The molecule has 2 rings (SSSR count). The first kappa shape index (κ1) is 21.6. The summed E-state index contributed by atoms with van der Waals surface area (Å²) in [5, 5.41) is 10.7. The first-order valence-electron chi connectivity index (χ1n) is 8.90. The van der Waals surface area contributed by atoms with Crippen LogP contribution in [0.15, 0.2) is 29.3 Å². The number of aromatic nitrogens is 2. The molecule has 2 N–H and O–H groups in total. The van der Waals surface area contributed by atoms with Gasteiger partial charge in [0.15, 0.2) is 5.96 Å². The van der Waals surface area contributed by atoms with E-state index in [4.69, 9.17) is 0 Å². The van der Waals surface area contributed by atoms with Crippen molar-refractivity contribution >= 4 is 5.96 Å². The number of aliphatic imine (C=N–C) groups is 1. The van der Waals surface area contributed by atoms with E-state index in [9.17, 15) is 13.2 Å². The molecule has 1 aromatic heterocycles. The Bertz CT molecular complexity index is 829. The number of nitrogens with one attached hydrogen (secondary N) is 2. The standard InChI is InChI=1S/C19H26F3N5O/c1-12(10-16-13(2)26-27(5)14(16)3)25-18(23-4)24-11-15-8-6-7-9-17(15)28-19(20,21)22/h6-9,12H,10-11H2,1-5H3,(H2,23,24,25). The molecule has 0 amide bonds. The van der Waals surface area contributed by atoms with E-state index in [-0.39, 0.29) is 18.3 Å². The van der Waals surface area contributed by atoms with Gasteiger partial charge in [-0.3, -0.25) is 9.67 Å². The van der Waals surface area contributed by atoms with Crippen LogP contribution in [0, 0.1) is 13.8 Å². The number of halogens is 3. The predicted molar refractivity (Wildman–Crippen MR) is 102 cm³/mol. The molecule has 154 valence electrons. The molecule has 1 heterocycles. The molecule has 0 saturated heterocycles. The Balaban J connectivity index is 1.98. The average Bonchev–Trinajstić information content (AvgIpc) is 2.84. The van der Waals surface area contributed by atoms with Crippen molar-refractivity contribution in [1.82, 2.24) is 20.4 Å². The Labute approximate surface area is 162 Å². The van der Waals surface area contributed by atoms with Crippen molar-refractivity contribution in [3.63, 3.8) is 0 Å². The highest BCUT2D eigenvalue weighted by Crippen LogP contribution is 2.26. The lowest BCUT2D eigenvalue weighted by Gasteiger charge is -2.19. The predicted octanol–water partition coefficient (Wildman–Crippen LogP) is 3.23. The lowest BCUT2D eigenvalue weighted by atomic mass is 10.1. The van der Waals surface area contributed by atoms with Gasteiger partial charge in [0.1, 0.15) is 5.75 Å². The number of aryl methyl sites for hydroxylation is 2. The molecule has 28 heavy (non-hydrogen) atoms. The molecule has 1 aromatic carbocycles. The second-order valence-corrected chi connectivity index (χ2v) is 6.60. The van der Waals surface area contributed by atoms with Crippen molar-refractivity contribution in [2.75, 3.05) is 7.05 Å². The fourth-order valence-electron chi connectivity index (χ4n) is 2.95. The molecule has 0 aliphatic rings. The Morgan fingerprint density at radius 1 is 1.29 bits per heavy atom. The number of ether oxygens (including phenoxy) is 1. The Morgan fingerprint density at radius 3 is 2.54 bits per heavy atom. The van der Waals surface area contributed by atoms with Gasteiger partial charge in [-0.15, -0.1) is 13.2 Å². The first-order valence-corrected chi connectivity index (χ1v) is 8.90. The zero-order chi connectivity index (χ0) is 20.9. The fraction of sp³-hybridized carbons (Fsp3) is 0.474. The topological polar surface area (TPSA) is 63.5 Å². The van der Waals surface area contributed by atoms with Crippen LogP contribution in [0.2, 0.25) is 0 Å². The van der Waals surface area contributed by atoms with Gasteiger partial charge in [-0.25, -0.2) is 0 Å². The van der Waals surface area contributed by atoms with Crippen LogP contribution in [0.5, 0.6) is 5.75 Å². The molecule has 9 heteroatoms. The van der Waals surface area contributed by atoms with Crippen LogP contribution in [-0.4, -0.2) is 35.2 Å². The maximum absolute atomic E-state index is 12.5. The summed E-state index contributed by atoms with van der Waals surface area (Å²) in [5.74, 6) is 0.265. The minimum Gasteiger partial charge on any atom is -0.405 e. The van der Waals surface area contributed by atoms with Crippen molar-refractivity contribution in [3.05, 3.63) is 46.8 Å². The van der Waals surface area contributed by atoms with Crippen molar-refractivity contribution in [2.24, 2.45) is 12.0 Å². The highest BCUT2D eigenvalue weighted by Gasteiger charge is 2.32. The normalized spacial score (nSPS) is 13.4. The molecular formula is C19H26F3N5O. The highest BCUT2D eigenvalue weighted by molar-refractivity contribution is 5.80. The lowest BCUT2D eigenvalue weighted by Crippen LogP contribution is -2.42. The summed E-state index contributed by atoms with van der Waals surface area (Å²) in [6.45, 7) is 6.15. The van der Waals surface area contributed by atoms with Crippen LogP contribution in [0.3, 0.4) is 0 Å². The molecule has 1 unspecified atom stereocenters. The maximum Gasteiger partial charge on any atom is 0.573 e. The van der Waals surface area contributed by atoms with E-state index in [2.05, 4.69) is 25.5 Å². The molecule has 2 aromatic rings. The van der Waals surface area contributed by atoms with Crippen LogP contribution >= 0.6 is 0 Å². The van der Waals surface area contributed by atoms with Gasteiger partial charge in [-0.1, -0.05) is 18.2 Å². The summed E-state index contributed by atoms with van der Waals surface area (Å²) < 4.78 is 43.6. The number of para-hydroxylation sites is 1. The van der Waals surface area contributed by atoms with E-state index in [0.29, 0.717) is 11.5 Å². The van der Waals surface area contributed by atoms with Crippen LogP contribution in [0.25, 0.3) is 0 Å². The summed E-state index contributed by atoms with van der Waals surface area (Å²) in [5.41, 5.74) is 3.64. The minimum atomic E-state index is -4.73. The van der Waals surface area contributed by atoms with Gasteiger partial charge in [-0.05, 0) is 38.8 Å². The molecule has 6 nitrogen and oxygen atoms in total. The van der Waals surface area contributed by atoms with E-state index < -0.39 is 6.36 Å². The van der Waals surface area contributed by atoms with Crippen molar-refractivity contribution in [1.29, 1.82) is 0 Å². The third-order valence-corrected chi connectivity index (χ3v) is 4.42. The minimum absolute atomic E-state index is 0.0504. The van der Waals surface area contributed by atoms with Crippen LogP contribution in [0.4, 0.5) is 13.2 Å². The van der Waals surface area contributed by atoms with Gasteiger partial charge in [-0.2, -0.15) is 5.10 Å². The van der Waals surface area contributed by atoms with Crippen molar-refractivity contribution < 1.29 is 17.9 Å². The van der Waals surface area contributed by atoms with Crippen LogP contribution in [-0.2, 0) is 20.0 Å². The fourth-order valence-corrected chi connectivity index (χ4v) is 2.95. The number of hydrogen-bond acceptors (Lipinski definition) is 3. The van der Waals surface area contributed by atoms with Gasteiger partial charge < -0.3 is 15.4 Å². The molecule has 0 aliphatic heterocycles. The SMILES string of the molecule is CN=C(NCc1ccccc1OC(F)(F)F)NC(C)Cc1c(C)nn(C)c1C. The van der Waals surface area contributed by atoms with Gasteiger partial charge in [0.05, 0.1) is 5.69 Å². The summed E-state index contributed by atoms with van der Waals surface area (Å²) in [6, 6.07) is 6.07. The number of nitrogens with zero attached hydrogens (tertiary/aromatic N) is 3. The largest absolute Gasteiger partial charge is 0.573 e. The summed E-state index contributed by atoms with van der Waals surface area (Å²) in [6.07, 6.45) is -3.98. The number of hydrogen-bond donors (Lipinski definition) is 2. The van der Waals surface area contributed by atoms with E-state index in [0.717, 1.165) is 17.8 Å². The van der Waals surface area contributed by atoms with E-state index >= 15 is 0 Å². The smallest absolute Gasteiger partial charge is 0.405 e. The Hall–Kier alpha value is -2.71.